The fourth-order valence-electron chi connectivity index (χ4n) is 1.14. The zero-order valence-corrected chi connectivity index (χ0v) is 10.2. The first-order valence-electron chi connectivity index (χ1n) is 4.61. The molecule has 2 aromatic heterocycles. The van der Waals surface area contributed by atoms with Crippen molar-refractivity contribution in [3.63, 3.8) is 0 Å². The fourth-order valence-corrected chi connectivity index (χ4v) is 2.21. The van der Waals surface area contributed by atoms with Crippen molar-refractivity contribution in [2.24, 2.45) is 5.73 Å². The van der Waals surface area contributed by atoms with Crippen molar-refractivity contribution in [2.75, 3.05) is 0 Å². The zero-order chi connectivity index (χ0) is 12.3. The SMILES string of the molecule is N=C(N)c1ccnc(Sc2cnccn2)c1Cl. The molecule has 0 aromatic carbocycles. The van der Waals surface area contributed by atoms with Crippen LogP contribution in [0.5, 0.6) is 0 Å². The van der Waals surface area contributed by atoms with Crippen molar-refractivity contribution in [2.45, 2.75) is 10.1 Å². The summed E-state index contributed by atoms with van der Waals surface area (Å²) in [4.78, 5) is 12.2. The second kappa shape index (κ2) is 5.11. The topological polar surface area (TPSA) is 88.5 Å². The Kier molecular flexibility index (Phi) is 3.55. The molecule has 2 heterocycles. The number of halogens is 1. The van der Waals surface area contributed by atoms with Crippen LogP contribution in [0, 0.1) is 5.41 Å². The van der Waals surface area contributed by atoms with Gasteiger partial charge in [0, 0.05) is 24.2 Å². The quantitative estimate of drug-likeness (QED) is 0.654. The summed E-state index contributed by atoms with van der Waals surface area (Å²) < 4.78 is 0. The van der Waals surface area contributed by atoms with E-state index in [0.717, 1.165) is 0 Å². The third kappa shape index (κ3) is 2.72. The van der Waals surface area contributed by atoms with Gasteiger partial charge in [0.05, 0.1) is 11.2 Å². The molecule has 0 unspecified atom stereocenters. The second-order valence-electron chi connectivity index (χ2n) is 3.04. The van der Waals surface area contributed by atoms with Crippen LogP contribution in [0.3, 0.4) is 0 Å². The van der Waals surface area contributed by atoms with E-state index >= 15 is 0 Å². The van der Waals surface area contributed by atoms with Gasteiger partial charge in [0.15, 0.2) is 0 Å². The van der Waals surface area contributed by atoms with Crippen LogP contribution in [0.15, 0.2) is 40.9 Å². The lowest BCUT2D eigenvalue weighted by atomic mass is 10.2. The van der Waals surface area contributed by atoms with Gasteiger partial charge in [0.2, 0.25) is 0 Å². The highest BCUT2D eigenvalue weighted by molar-refractivity contribution is 7.99. The number of aromatic nitrogens is 3. The van der Waals surface area contributed by atoms with Gasteiger partial charge in [-0.3, -0.25) is 10.4 Å². The number of hydrogen-bond acceptors (Lipinski definition) is 5. The summed E-state index contributed by atoms with van der Waals surface area (Å²) in [7, 11) is 0. The second-order valence-corrected chi connectivity index (χ2v) is 4.42. The number of rotatable bonds is 3. The van der Waals surface area contributed by atoms with Gasteiger partial charge in [-0.05, 0) is 17.8 Å². The van der Waals surface area contributed by atoms with Gasteiger partial charge < -0.3 is 5.73 Å². The predicted molar refractivity (Wildman–Crippen MR) is 66.4 cm³/mol. The minimum Gasteiger partial charge on any atom is -0.384 e. The molecule has 2 rings (SSSR count). The number of nitrogens with one attached hydrogen (secondary N) is 1. The molecular weight excluding hydrogens is 258 g/mol. The van der Waals surface area contributed by atoms with Gasteiger partial charge in [-0.15, -0.1) is 0 Å². The molecule has 3 N–H and O–H groups in total. The zero-order valence-electron chi connectivity index (χ0n) is 8.59. The van der Waals surface area contributed by atoms with E-state index in [9.17, 15) is 0 Å². The van der Waals surface area contributed by atoms with E-state index in [-0.39, 0.29) is 5.84 Å². The molecule has 0 aliphatic rings. The van der Waals surface area contributed by atoms with E-state index in [1.807, 2.05) is 0 Å². The van der Waals surface area contributed by atoms with Gasteiger partial charge in [0.1, 0.15) is 15.9 Å². The molecule has 17 heavy (non-hydrogen) atoms. The van der Waals surface area contributed by atoms with E-state index in [1.165, 1.54) is 11.8 Å². The predicted octanol–water partition coefficient (Wildman–Crippen LogP) is 1.96. The Hall–Kier alpha value is -1.66. The van der Waals surface area contributed by atoms with Gasteiger partial charge in [-0.2, -0.15) is 0 Å². The van der Waals surface area contributed by atoms with Gasteiger partial charge in [0.25, 0.3) is 0 Å². The molecule has 0 saturated heterocycles. The van der Waals surface area contributed by atoms with E-state index < -0.39 is 0 Å². The first kappa shape index (κ1) is 11.8. The molecule has 0 radical (unpaired) electrons. The third-order valence-electron chi connectivity index (χ3n) is 1.89. The number of amidine groups is 1. The molecule has 0 bridgehead atoms. The summed E-state index contributed by atoms with van der Waals surface area (Å²) in [5.41, 5.74) is 5.88. The Labute approximate surface area is 107 Å². The van der Waals surface area contributed by atoms with Gasteiger partial charge in [-0.1, -0.05) is 11.6 Å². The number of hydrogen-bond donors (Lipinski definition) is 2. The minimum absolute atomic E-state index is 0.0848. The van der Waals surface area contributed by atoms with Gasteiger partial charge in [-0.25, -0.2) is 9.97 Å². The molecule has 2 aromatic rings. The smallest absolute Gasteiger partial charge is 0.124 e. The van der Waals surface area contributed by atoms with Crippen LogP contribution in [0.4, 0.5) is 0 Å². The molecule has 0 amide bonds. The summed E-state index contributed by atoms with van der Waals surface area (Å²) in [6.07, 6.45) is 6.35. The van der Waals surface area contributed by atoms with Crippen LogP contribution in [-0.4, -0.2) is 20.8 Å². The van der Waals surface area contributed by atoms with Crippen LogP contribution in [0.25, 0.3) is 0 Å². The maximum atomic E-state index is 7.38. The van der Waals surface area contributed by atoms with Crippen molar-refractivity contribution in [1.82, 2.24) is 15.0 Å². The molecule has 5 nitrogen and oxygen atoms in total. The van der Waals surface area contributed by atoms with E-state index in [2.05, 4.69) is 15.0 Å². The number of nitrogen functional groups attached to an aromatic ring is 1. The Morgan fingerprint density at radius 3 is 2.76 bits per heavy atom. The highest BCUT2D eigenvalue weighted by Gasteiger charge is 2.11. The highest BCUT2D eigenvalue weighted by atomic mass is 35.5. The lowest BCUT2D eigenvalue weighted by molar-refractivity contribution is 1.04. The molecule has 0 spiro atoms. The van der Waals surface area contributed by atoms with Crippen molar-refractivity contribution in [3.05, 3.63) is 41.4 Å². The maximum absolute atomic E-state index is 7.38. The maximum Gasteiger partial charge on any atom is 0.124 e. The first-order chi connectivity index (χ1) is 8.18. The normalized spacial score (nSPS) is 10.2. The number of nitrogens with zero attached hydrogens (tertiary/aromatic N) is 3. The molecular formula is C10H8ClN5S. The summed E-state index contributed by atoms with van der Waals surface area (Å²) in [5, 5.41) is 8.98. The van der Waals surface area contributed by atoms with Crippen molar-refractivity contribution in [3.8, 4) is 0 Å². The van der Waals surface area contributed by atoms with E-state index in [4.69, 9.17) is 22.7 Å². The van der Waals surface area contributed by atoms with Crippen LogP contribution in [0.1, 0.15) is 5.56 Å². The average molecular weight is 266 g/mol. The van der Waals surface area contributed by atoms with Crippen LogP contribution < -0.4 is 5.73 Å². The Morgan fingerprint density at radius 1 is 1.29 bits per heavy atom. The Balaban J connectivity index is 2.34. The molecule has 0 saturated carbocycles. The summed E-state index contributed by atoms with van der Waals surface area (Å²) in [5.74, 6) is -0.0848. The molecule has 0 atom stereocenters. The fraction of sp³-hybridized carbons (Fsp3) is 0. The lowest BCUT2D eigenvalue weighted by Crippen LogP contribution is -2.12. The van der Waals surface area contributed by atoms with Crippen molar-refractivity contribution in [1.29, 1.82) is 5.41 Å². The molecule has 7 heteroatoms. The molecule has 86 valence electrons. The molecule has 0 aliphatic heterocycles. The summed E-state index contributed by atoms with van der Waals surface area (Å²) >= 11 is 7.38. The summed E-state index contributed by atoms with van der Waals surface area (Å²) in [6, 6.07) is 1.60. The van der Waals surface area contributed by atoms with Crippen LogP contribution >= 0.6 is 23.4 Å². The molecule has 0 fully saturated rings. The third-order valence-corrected chi connectivity index (χ3v) is 3.31. The Bertz CT molecular complexity index is 546. The van der Waals surface area contributed by atoms with E-state index in [1.54, 1.807) is 30.9 Å². The minimum atomic E-state index is -0.0848. The van der Waals surface area contributed by atoms with Crippen LogP contribution in [-0.2, 0) is 0 Å². The molecule has 0 aliphatic carbocycles. The lowest BCUT2D eigenvalue weighted by Gasteiger charge is -2.06. The van der Waals surface area contributed by atoms with Crippen LogP contribution in [0.2, 0.25) is 5.02 Å². The number of nitrogens with two attached hydrogens (primary N) is 1. The van der Waals surface area contributed by atoms with E-state index in [0.29, 0.717) is 20.6 Å². The number of pyridine rings is 1. The average Bonchev–Trinajstić information content (AvgIpc) is 2.33. The Morgan fingerprint density at radius 2 is 2.12 bits per heavy atom. The highest BCUT2D eigenvalue weighted by Crippen LogP contribution is 2.31. The van der Waals surface area contributed by atoms with Gasteiger partial charge >= 0.3 is 0 Å². The largest absolute Gasteiger partial charge is 0.384 e. The van der Waals surface area contributed by atoms with Crippen molar-refractivity contribution < 1.29 is 0 Å². The van der Waals surface area contributed by atoms with Crippen molar-refractivity contribution >= 4 is 29.2 Å². The summed E-state index contributed by atoms with van der Waals surface area (Å²) in [6.45, 7) is 0. The standard InChI is InChI=1S/C10H8ClN5S/c11-8-6(9(12)13)1-2-16-10(8)17-7-5-14-3-4-15-7/h1-5H,(H3,12,13). The first-order valence-corrected chi connectivity index (χ1v) is 5.80. The monoisotopic (exact) mass is 265 g/mol.